The van der Waals surface area contributed by atoms with Crippen LogP contribution in [0.2, 0.25) is 0 Å². The molecule has 0 saturated carbocycles. The van der Waals surface area contributed by atoms with Gasteiger partial charge in [-0.1, -0.05) is 164 Å². The van der Waals surface area contributed by atoms with Crippen LogP contribution >= 0.6 is 0 Å². The molecule has 0 aliphatic heterocycles. The van der Waals surface area contributed by atoms with Crippen molar-refractivity contribution in [1.29, 1.82) is 0 Å². The van der Waals surface area contributed by atoms with Crippen molar-refractivity contribution >= 4 is 49.2 Å². The number of hydrogen-bond donors (Lipinski definition) is 0. The highest BCUT2D eigenvalue weighted by Gasteiger charge is 2.23. The highest BCUT2D eigenvalue weighted by Crippen LogP contribution is 2.43. The third kappa shape index (κ3) is 5.41. The van der Waals surface area contributed by atoms with E-state index in [4.69, 9.17) is 0 Å². The second-order valence-corrected chi connectivity index (χ2v) is 14.9. The number of aromatic nitrogens is 2. The highest BCUT2D eigenvalue weighted by molar-refractivity contribution is 6.19. The average Bonchev–Trinajstić information content (AvgIpc) is 3.78. The lowest BCUT2D eigenvalue weighted by Crippen LogP contribution is -2.08. The Morgan fingerprint density at radius 2 is 0.857 bits per heavy atom. The summed E-state index contributed by atoms with van der Waals surface area (Å²) < 4.78 is 5.08. The summed E-state index contributed by atoms with van der Waals surface area (Å²) >= 11 is 0. The fourth-order valence-corrected chi connectivity index (χ4v) is 8.94. The molecule has 8 aromatic carbocycles. The van der Waals surface area contributed by atoms with Gasteiger partial charge in [-0.15, -0.1) is 0 Å². The van der Waals surface area contributed by atoms with Crippen LogP contribution < -0.4 is 0 Å². The van der Waals surface area contributed by atoms with Gasteiger partial charge >= 0.3 is 0 Å². The lowest BCUT2D eigenvalue weighted by molar-refractivity contribution is 0.650. The van der Waals surface area contributed by atoms with Gasteiger partial charge in [0, 0.05) is 32.7 Å². The maximum Gasteiger partial charge on any atom is 0.0566 e. The first kappa shape index (κ1) is 32.3. The molecular formula is C54H38N2. The van der Waals surface area contributed by atoms with Gasteiger partial charge < -0.3 is 9.13 Å². The summed E-state index contributed by atoms with van der Waals surface area (Å²) in [4.78, 5) is 0. The Balaban J connectivity index is 1.22. The minimum Gasteiger partial charge on any atom is -0.333 e. The number of hydrogen-bond acceptors (Lipinski definition) is 0. The monoisotopic (exact) mass is 714 g/mol. The number of allylic oxidation sites excluding steroid dienone is 4. The fraction of sp³-hybridized carbons (Fsp3) is 0.0370. The quantitative estimate of drug-likeness (QED) is 0.162. The molecule has 264 valence electrons. The number of rotatable bonds is 6. The predicted molar refractivity (Wildman–Crippen MR) is 237 cm³/mol. The van der Waals surface area contributed by atoms with Crippen molar-refractivity contribution in [3.8, 4) is 39.1 Å². The van der Waals surface area contributed by atoms with Gasteiger partial charge in [0.25, 0.3) is 0 Å². The molecule has 2 heterocycles. The Morgan fingerprint density at radius 3 is 1.48 bits per heavy atom. The summed E-state index contributed by atoms with van der Waals surface area (Å²) in [7, 11) is 0. The first-order valence-corrected chi connectivity index (χ1v) is 19.5. The van der Waals surface area contributed by atoms with E-state index in [0.717, 1.165) is 12.1 Å². The molecule has 2 heteroatoms. The molecule has 11 rings (SSSR count). The van der Waals surface area contributed by atoms with Gasteiger partial charge in [-0.2, -0.15) is 0 Å². The van der Waals surface area contributed by atoms with Gasteiger partial charge in [-0.3, -0.25) is 0 Å². The van der Waals surface area contributed by atoms with Crippen molar-refractivity contribution in [3.63, 3.8) is 0 Å². The van der Waals surface area contributed by atoms with E-state index in [0.29, 0.717) is 0 Å². The van der Waals surface area contributed by atoms with Crippen LogP contribution in [0.25, 0.3) is 88.3 Å². The van der Waals surface area contributed by atoms with Crippen LogP contribution in [0.3, 0.4) is 0 Å². The zero-order chi connectivity index (χ0) is 37.0. The van der Waals surface area contributed by atoms with Gasteiger partial charge in [0.15, 0.2) is 0 Å². The summed E-state index contributed by atoms with van der Waals surface area (Å²) in [6.45, 7) is 0. The zero-order valence-electron chi connectivity index (χ0n) is 30.9. The molecule has 2 nitrogen and oxygen atoms in total. The van der Waals surface area contributed by atoms with E-state index in [9.17, 15) is 0 Å². The van der Waals surface area contributed by atoms with E-state index >= 15 is 0 Å². The molecule has 0 bridgehead atoms. The van der Waals surface area contributed by atoms with Gasteiger partial charge in [-0.05, 0) is 99.5 Å². The van der Waals surface area contributed by atoms with Crippen LogP contribution in [0.1, 0.15) is 18.0 Å². The molecule has 1 atom stereocenters. The molecule has 2 aromatic heterocycles. The SMILES string of the molecule is C1=CC(c2ccccc2)=CC(n2c3ccc(-c4ccccc4)cc3c3cc4c5cc(-c6ccccc6)ccc5n(-c5cccc(-c6ccccc6)c5)c4cc32)C1. The second-order valence-electron chi connectivity index (χ2n) is 14.9. The highest BCUT2D eigenvalue weighted by atomic mass is 15.0. The summed E-state index contributed by atoms with van der Waals surface area (Å²) in [5.74, 6) is 0. The molecule has 0 radical (unpaired) electrons. The standard InChI is InChI=1S/C54H38N2/c1-5-15-37(16-6-1)41-23-13-25-45(31-41)55-51-29-27-43(39-19-9-3-10-20-39)33-47(51)49-35-50-48-34-44(40-21-11-4-12-22-40)28-30-52(48)56(54(50)36-53(49)55)46-26-14-24-42(32-46)38-17-7-2-8-18-38/h1-25,27-36,46H,26H2. The third-order valence-corrected chi connectivity index (χ3v) is 11.6. The average molecular weight is 715 g/mol. The van der Waals surface area contributed by atoms with Crippen molar-refractivity contribution < 1.29 is 0 Å². The van der Waals surface area contributed by atoms with Crippen LogP contribution in [0, 0.1) is 0 Å². The van der Waals surface area contributed by atoms with Crippen molar-refractivity contribution in [1.82, 2.24) is 9.13 Å². The van der Waals surface area contributed by atoms with E-state index in [1.165, 1.54) is 88.1 Å². The summed E-state index contributed by atoms with van der Waals surface area (Å²) in [5.41, 5.74) is 15.9. The Morgan fingerprint density at radius 1 is 0.357 bits per heavy atom. The van der Waals surface area contributed by atoms with Gasteiger partial charge in [0.1, 0.15) is 0 Å². The fourth-order valence-electron chi connectivity index (χ4n) is 8.94. The molecule has 1 aliphatic rings. The molecular weight excluding hydrogens is 677 g/mol. The topological polar surface area (TPSA) is 9.86 Å². The molecule has 56 heavy (non-hydrogen) atoms. The Bertz CT molecular complexity index is 3130. The molecule has 0 N–H and O–H groups in total. The van der Waals surface area contributed by atoms with Crippen molar-refractivity contribution in [3.05, 3.63) is 218 Å². The summed E-state index contributed by atoms with van der Waals surface area (Å²) in [6, 6.07) is 71.1. The molecule has 1 unspecified atom stereocenters. The van der Waals surface area contributed by atoms with E-state index in [1.807, 2.05) is 0 Å². The molecule has 10 aromatic rings. The maximum absolute atomic E-state index is 2.60. The number of nitrogens with zero attached hydrogens (tertiary/aromatic N) is 2. The number of benzene rings is 8. The zero-order valence-corrected chi connectivity index (χ0v) is 30.9. The Labute approximate surface area is 326 Å². The summed E-state index contributed by atoms with van der Waals surface area (Å²) in [6.07, 6.45) is 8.02. The van der Waals surface area contributed by atoms with Gasteiger partial charge in [0.05, 0.1) is 22.6 Å². The van der Waals surface area contributed by atoms with E-state index in [2.05, 4.69) is 221 Å². The van der Waals surface area contributed by atoms with Crippen LogP contribution in [0.4, 0.5) is 0 Å². The van der Waals surface area contributed by atoms with E-state index in [1.54, 1.807) is 0 Å². The largest absolute Gasteiger partial charge is 0.333 e. The van der Waals surface area contributed by atoms with Crippen LogP contribution in [0.5, 0.6) is 0 Å². The Kier molecular flexibility index (Phi) is 7.67. The van der Waals surface area contributed by atoms with Crippen molar-refractivity contribution in [2.45, 2.75) is 12.5 Å². The number of fused-ring (bicyclic) bond motifs is 6. The van der Waals surface area contributed by atoms with Gasteiger partial charge in [0.2, 0.25) is 0 Å². The minimum absolute atomic E-state index is 0.152. The van der Waals surface area contributed by atoms with E-state index in [-0.39, 0.29) is 6.04 Å². The Hall–Kier alpha value is -7.16. The lowest BCUT2D eigenvalue weighted by atomic mass is 9.96. The first-order chi connectivity index (χ1) is 27.8. The van der Waals surface area contributed by atoms with Crippen LogP contribution in [-0.4, -0.2) is 9.13 Å². The normalized spacial score (nSPS) is 14.2. The predicted octanol–water partition coefficient (Wildman–Crippen LogP) is 14.5. The van der Waals surface area contributed by atoms with Crippen molar-refractivity contribution in [2.24, 2.45) is 0 Å². The maximum atomic E-state index is 2.60. The molecule has 0 spiro atoms. The third-order valence-electron chi connectivity index (χ3n) is 11.6. The second kappa shape index (κ2) is 13.3. The summed E-state index contributed by atoms with van der Waals surface area (Å²) in [5, 5.41) is 5.05. The smallest absolute Gasteiger partial charge is 0.0566 e. The van der Waals surface area contributed by atoms with Crippen molar-refractivity contribution in [2.75, 3.05) is 0 Å². The molecule has 0 saturated heterocycles. The molecule has 0 fully saturated rings. The lowest BCUT2D eigenvalue weighted by Gasteiger charge is -2.21. The van der Waals surface area contributed by atoms with Crippen LogP contribution in [0.15, 0.2) is 212 Å². The van der Waals surface area contributed by atoms with Gasteiger partial charge in [-0.25, -0.2) is 0 Å². The minimum atomic E-state index is 0.152. The molecule has 0 amide bonds. The van der Waals surface area contributed by atoms with E-state index < -0.39 is 0 Å². The van der Waals surface area contributed by atoms with Crippen LogP contribution in [-0.2, 0) is 0 Å². The molecule has 1 aliphatic carbocycles. The first-order valence-electron chi connectivity index (χ1n) is 19.5.